The van der Waals surface area contributed by atoms with Crippen LogP contribution in [0.25, 0.3) is 0 Å². The fourth-order valence-corrected chi connectivity index (χ4v) is 6.32. The van der Waals surface area contributed by atoms with E-state index >= 15 is 0 Å². The van der Waals surface area contributed by atoms with Crippen LogP contribution < -0.4 is 0 Å². The van der Waals surface area contributed by atoms with Crippen LogP contribution in [-0.4, -0.2) is 59.0 Å². The highest BCUT2D eigenvalue weighted by Crippen LogP contribution is 2.73. The van der Waals surface area contributed by atoms with Crippen LogP contribution in [0.3, 0.4) is 0 Å². The van der Waals surface area contributed by atoms with Gasteiger partial charge in [-0.25, -0.2) is 4.79 Å². The Labute approximate surface area is 161 Å². The Bertz CT molecular complexity index is 792. The molecular formula is C19H24O9. The molecule has 0 aromatic carbocycles. The number of rotatable bonds is 2. The number of aliphatic hydroxyl groups is 1. The van der Waals surface area contributed by atoms with E-state index in [0.717, 1.165) is 0 Å². The van der Waals surface area contributed by atoms with E-state index in [9.17, 15) is 24.3 Å². The number of carbonyl (C=O) groups excluding carboxylic acids is 4. The molecule has 0 aromatic rings. The fourth-order valence-electron chi connectivity index (χ4n) is 6.32. The largest absolute Gasteiger partial charge is 0.463 e. The molecule has 4 fully saturated rings. The van der Waals surface area contributed by atoms with Crippen LogP contribution in [0.2, 0.25) is 0 Å². The van der Waals surface area contributed by atoms with Crippen molar-refractivity contribution in [3.05, 3.63) is 0 Å². The lowest BCUT2D eigenvalue weighted by atomic mass is 9.42. The van der Waals surface area contributed by atoms with Gasteiger partial charge >= 0.3 is 23.9 Å². The summed E-state index contributed by atoms with van der Waals surface area (Å²) in [5.41, 5.74) is -6.22. The van der Waals surface area contributed by atoms with E-state index in [2.05, 4.69) is 0 Å². The maximum atomic E-state index is 12.9. The molecule has 28 heavy (non-hydrogen) atoms. The van der Waals surface area contributed by atoms with Gasteiger partial charge in [0.25, 0.3) is 0 Å². The summed E-state index contributed by atoms with van der Waals surface area (Å²) in [6, 6.07) is 0. The zero-order valence-corrected chi connectivity index (χ0v) is 16.3. The molecule has 0 unspecified atom stereocenters. The zero-order chi connectivity index (χ0) is 20.7. The van der Waals surface area contributed by atoms with Crippen molar-refractivity contribution < 1.29 is 43.2 Å². The third-order valence-corrected chi connectivity index (χ3v) is 7.63. The van der Waals surface area contributed by atoms with E-state index in [-0.39, 0.29) is 25.4 Å². The Morgan fingerprint density at radius 2 is 1.89 bits per heavy atom. The quantitative estimate of drug-likeness (QED) is 0.517. The number of hydrogen-bond donors (Lipinski definition) is 1. The monoisotopic (exact) mass is 396 g/mol. The smallest absolute Gasteiger partial charge is 0.348 e. The van der Waals surface area contributed by atoms with Gasteiger partial charge in [-0.05, 0) is 25.7 Å². The number of fused-ring (bicyclic) bond motifs is 2. The van der Waals surface area contributed by atoms with E-state index in [1.165, 1.54) is 20.8 Å². The van der Waals surface area contributed by atoms with Crippen molar-refractivity contribution in [3.8, 4) is 0 Å². The molecule has 154 valence electrons. The van der Waals surface area contributed by atoms with Gasteiger partial charge in [0.15, 0.2) is 11.0 Å². The molecular weight excluding hydrogens is 372 g/mol. The average molecular weight is 396 g/mol. The van der Waals surface area contributed by atoms with Gasteiger partial charge in [-0.15, -0.1) is 0 Å². The summed E-state index contributed by atoms with van der Waals surface area (Å²) in [6.07, 6.45) is -1.55. The maximum Gasteiger partial charge on any atom is 0.348 e. The lowest BCUT2D eigenvalue weighted by Gasteiger charge is -2.69. The Kier molecular flexibility index (Phi) is 3.74. The Morgan fingerprint density at radius 3 is 2.39 bits per heavy atom. The lowest BCUT2D eigenvalue weighted by molar-refractivity contribution is -0.360. The van der Waals surface area contributed by atoms with E-state index in [0.29, 0.717) is 6.42 Å². The normalized spacial score (nSPS) is 48.8. The molecule has 9 nitrogen and oxygen atoms in total. The maximum absolute atomic E-state index is 12.9. The number of hydrogen-bond acceptors (Lipinski definition) is 9. The molecule has 7 atom stereocenters. The second-order valence-electron chi connectivity index (χ2n) is 8.64. The molecule has 4 aliphatic rings. The molecule has 2 saturated carbocycles. The summed E-state index contributed by atoms with van der Waals surface area (Å²) in [7, 11) is 0. The van der Waals surface area contributed by atoms with Gasteiger partial charge in [0.05, 0.1) is 11.0 Å². The highest BCUT2D eigenvalue weighted by molar-refractivity contribution is 5.89. The molecule has 2 bridgehead atoms. The van der Waals surface area contributed by atoms with Crippen LogP contribution in [0, 0.1) is 16.7 Å². The van der Waals surface area contributed by atoms with Gasteiger partial charge < -0.3 is 24.1 Å². The standard InChI is InChI=1S/C19H24O9/c1-9-5-6-19(24)17(9)7-12(27-14(22)13(17)26-10(2)20)16(4,28-11(3)21)18(19)8-25-15(18)23/h9,12-13,24H,5-8H2,1-4H3/t9-,12-,13+,16+,17+,18+,19-/m1/s1. The van der Waals surface area contributed by atoms with E-state index in [1.54, 1.807) is 0 Å². The lowest BCUT2D eigenvalue weighted by Crippen LogP contribution is -2.86. The molecule has 2 spiro atoms. The minimum Gasteiger partial charge on any atom is -0.463 e. The summed E-state index contributed by atoms with van der Waals surface area (Å²) in [4.78, 5) is 49.4. The number of ether oxygens (including phenoxy) is 4. The Morgan fingerprint density at radius 1 is 1.21 bits per heavy atom. The molecule has 2 aliphatic heterocycles. The fraction of sp³-hybridized carbons (Fsp3) is 0.789. The van der Waals surface area contributed by atoms with Gasteiger partial charge in [-0.3, -0.25) is 14.4 Å². The van der Waals surface area contributed by atoms with Crippen LogP contribution in [0.15, 0.2) is 0 Å². The van der Waals surface area contributed by atoms with Gasteiger partial charge in [-0.2, -0.15) is 0 Å². The first kappa shape index (κ1) is 19.2. The van der Waals surface area contributed by atoms with E-state index < -0.39 is 58.1 Å². The summed E-state index contributed by atoms with van der Waals surface area (Å²) in [6.45, 7) is 5.55. The van der Waals surface area contributed by atoms with Gasteiger partial charge in [-0.1, -0.05) is 6.92 Å². The molecule has 9 heteroatoms. The summed E-state index contributed by atoms with van der Waals surface area (Å²) in [5, 5.41) is 12.1. The van der Waals surface area contributed by atoms with Crippen molar-refractivity contribution in [2.75, 3.05) is 6.61 Å². The van der Waals surface area contributed by atoms with Gasteiger partial charge in [0.1, 0.15) is 12.7 Å². The average Bonchev–Trinajstić information content (AvgIpc) is 2.82. The third-order valence-electron chi connectivity index (χ3n) is 7.63. The molecule has 1 N–H and O–H groups in total. The number of carbonyl (C=O) groups is 4. The Balaban J connectivity index is 1.97. The van der Waals surface area contributed by atoms with Gasteiger partial charge in [0.2, 0.25) is 6.10 Å². The molecule has 0 radical (unpaired) electrons. The number of cyclic esters (lactones) is 1. The summed E-state index contributed by atoms with van der Waals surface area (Å²) in [5.74, 6) is -3.11. The summed E-state index contributed by atoms with van der Waals surface area (Å²) >= 11 is 0. The molecule has 0 aromatic heterocycles. The Hall–Kier alpha value is -2.16. The second-order valence-corrected chi connectivity index (χ2v) is 8.64. The van der Waals surface area contributed by atoms with Crippen LogP contribution in [0.1, 0.15) is 47.0 Å². The first-order valence-electron chi connectivity index (χ1n) is 9.43. The molecule has 4 rings (SSSR count). The highest BCUT2D eigenvalue weighted by atomic mass is 16.6. The van der Waals surface area contributed by atoms with E-state index in [4.69, 9.17) is 18.9 Å². The minimum atomic E-state index is -1.77. The molecule has 2 saturated heterocycles. The van der Waals surface area contributed by atoms with Crippen LogP contribution in [0.4, 0.5) is 0 Å². The summed E-state index contributed by atoms with van der Waals surface area (Å²) < 4.78 is 21.5. The van der Waals surface area contributed by atoms with Crippen LogP contribution >= 0.6 is 0 Å². The topological polar surface area (TPSA) is 125 Å². The van der Waals surface area contributed by atoms with Gasteiger partial charge in [0, 0.05) is 20.3 Å². The zero-order valence-electron chi connectivity index (χ0n) is 16.3. The van der Waals surface area contributed by atoms with Crippen LogP contribution in [0.5, 0.6) is 0 Å². The van der Waals surface area contributed by atoms with E-state index in [1.807, 2.05) is 6.92 Å². The first-order valence-corrected chi connectivity index (χ1v) is 9.43. The van der Waals surface area contributed by atoms with Crippen molar-refractivity contribution in [1.29, 1.82) is 0 Å². The van der Waals surface area contributed by atoms with Crippen LogP contribution in [-0.2, 0) is 38.1 Å². The van der Waals surface area contributed by atoms with Crippen molar-refractivity contribution in [2.24, 2.45) is 16.7 Å². The minimum absolute atomic E-state index is 0.104. The molecule has 2 heterocycles. The predicted octanol–water partition coefficient (Wildman–Crippen LogP) is 0.260. The molecule has 2 aliphatic carbocycles. The third kappa shape index (κ3) is 1.81. The first-order chi connectivity index (χ1) is 13.0. The second kappa shape index (κ2) is 5.46. The highest BCUT2D eigenvalue weighted by Gasteiger charge is 2.89. The molecule has 0 amide bonds. The van der Waals surface area contributed by atoms with Crippen molar-refractivity contribution in [1.82, 2.24) is 0 Å². The number of esters is 4. The SMILES string of the molecule is CC(=O)O[C@H]1C(=O)O[C@@H]2C[C@]13[C@H](C)CC[C@]3(O)[C@]1(COC1=O)[C@@]2(C)OC(C)=O. The predicted molar refractivity (Wildman–Crippen MR) is 89.4 cm³/mol. The van der Waals surface area contributed by atoms with Crippen molar-refractivity contribution >= 4 is 23.9 Å². The van der Waals surface area contributed by atoms with Crippen molar-refractivity contribution in [3.63, 3.8) is 0 Å². The van der Waals surface area contributed by atoms with Crippen molar-refractivity contribution in [2.45, 2.75) is 70.4 Å².